The summed E-state index contributed by atoms with van der Waals surface area (Å²) in [5.74, 6) is 0.843. The van der Waals surface area contributed by atoms with Gasteiger partial charge in [-0.05, 0) is 43.4 Å². The van der Waals surface area contributed by atoms with Crippen LogP contribution in [0.1, 0.15) is 31.7 Å². The molecule has 1 fully saturated rings. The third-order valence-electron chi connectivity index (χ3n) is 3.64. The number of aryl methyl sites for hydroxylation is 1. The summed E-state index contributed by atoms with van der Waals surface area (Å²) in [6.07, 6.45) is 3.91. The Labute approximate surface area is 109 Å². The molecule has 0 spiro atoms. The van der Waals surface area contributed by atoms with Gasteiger partial charge < -0.3 is 10.6 Å². The highest BCUT2D eigenvalue weighted by Crippen LogP contribution is 2.33. The monoisotopic (exact) mass is 252 g/mol. The van der Waals surface area contributed by atoms with Gasteiger partial charge in [0.05, 0.1) is 10.7 Å². The lowest BCUT2D eigenvalue weighted by molar-refractivity contribution is 0.530. The highest BCUT2D eigenvalue weighted by Gasteiger charge is 2.23. The first kappa shape index (κ1) is 12.6. The number of nitrogens with zero attached hydrogens (tertiary/aromatic N) is 1. The molecule has 1 aliphatic rings. The maximum absolute atomic E-state index is 6.11. The van der Waals surface area contributed by atoms with Gasteiger partial charge in [0.1, 0.15) is 0 Å². The first-order valence-corrected chi connectivity index (χ1v) is 6.80. The lowest BCUT2D eigenvalue weighted by Gasteiger charge is -2.22. The average molecular weight is 253 g/mol. The van der Waals surface area contributed by atoms with Crippen molar-refractivity contribution >= 4 is 23.0 Å². The van der Waals surface area contributed by atoms with Gasteiger partial charge in [0.15, 0.2) is 0 Å². The van der Waals surface area contributed by atoms with E-state index in [1.54, 1.807) is 0 Å². The summed E-state index contributed by atoms with van der Waals surface area (Å²) < 4.78 is 0. The minimum atomic E-state index is 0.671. The minimum absolute atomic E-state index is 0.671. The molecule has 1 aromatic carbocycles. The van der Waals surface area contributed by atoms with Crippen LogP contribution < -0.4 is 10.6 Å². The fraction of sp³-hybridized carbons (Fsp3) is 0.571. The van der Waals surface area contributed by atoms with E-state index in [0.717, 1.165) is 19.0 Å². The summed E-state index contributed by atoms with van der Waals surface area (Å²) >= 11 is 6.11. The van der Waals surface area contributed by atoms with Crippen molar-refractivity contribution in [2.24, 2.45) is 5.92 Å². The maximum Gasteiger partial charge on any atom is 0.0656 e. The lowest BCUT2D eigenvalue weighted by atomic mass is 10.0. The molecular weight excluding hydrogens is 232 g/mol. The molecular formula is C14H21ClN2. The lowest BCUT2D eigenvalue weighted by Crippen LogP contribution is -2.20. The van der Waals surface area contributed by atoms with Crippen LogP contribution in [0.25, 0.3) is 0 Å². The summed E-state index contributed by atoms with van der Waals surface area (Å²) in [5, 5.41) is 0.671. The van der Waals surface area contributed by atoms with Gasteiger partial charge >= 0.3 is 0 Å². The molecule has 2 rings (SSSR count). The second kappa shape index (κ2) is 5.18. The van der Waals surface area contributed by atoms with Crippen molar-refractivity contribution in [3.05, 3.63) is 22.7 Å². The van der Waals surface area contributed by atoms with Crippen molar-refractivity contribution in [2.45, 2.75) is 33.1 Å². The molecule has 1 saturated heterocycles. The Balaban J connectivity index is 2.16. The van der Waals surface area contributed by atoms with Crippen molar-refractivity contribution in [3.63, 3.8) is 0 Å². The Morgan fingerprint density at radius 1 is 1.47 bits per heavy atom. The highest BCUT2D eigenvalue weighted by molar-refractivity contribution is 6.33. The molecule has 2 N–H and O–H groups in total. The van der Waals surface area contributed by atoms with Crippen LogP contribution in [0.4, 0.5) is 11.4 Å². The molecule has 3 heteroatoms. The normalized spacial score (nSPS) is 19.9. The van der Waals surface area contributed by atoms with E-state index < -0.39 is 0 Å². The van der Waals surface area contributed by atoms with E-state index in [-0.39, 0.29) is 0 Å². The molecule has 1 aromatic rings. The SMILES string of the molecule is CCCC1CCN(c2cc(Cl)c(N)cc2C)C1. The van der Waals surface area contributed by atoms with E-state index in [9.17, 15) is 0 Å². The number of nitrogens with two attached hydrogens (primary N) is 1. The predicted molar refractivity (Wildman–Crippen MR) is 75.8 cm³/mol. The molecule has 0 bridgehead atoms. The molecule has 1 unspecified atom stereocenters. The van der Waals surface area contributed by atoms with Gasteiger partial charge in [0, 0.05) is 18.8 Å². The minimum Gasteiger partial charge on any atom is -0.398 e. The molecule has 1 heterocycles. The van der Waals surface area contributed by atoms with Crippen molar-refractivity contribution in [3.8, 4) is 0 Å². The van der Waals surface area contributed by atoms with Crippen LogP contribution in [-0.2, 0) is 0 Å². The zero-order valence-electron chi connectivity index (χ0n) is 10.7. The number of halogens is 1. The van der Waals surface area contributed by atoms with E-state index in [1.807, 2.05) is 12.1 Å². The maximum atomic E-state index is 6.11. The molecule has 2 nitrogen and oxygen atoms in total. The van der Waals surface area contributed by atoms with E-state index >= 15 is 0 Å². The van der Waals surface area contributed by atoms with Gasteiger partial charge in [-0.1, -0.05) is 24.9 Å². The summed E-state index contributed by atoms with van der Waals surface area (Å²) in [4.78, 5) is 2.45. The Hall–Kier alpha value is -0.890. The van der Waals surface area contributed by atoms with E-state index in [2.05, 4.69) is 18.7 Å². The van der Waals surface area contributed by atoms with Crippen LogP contribution in [0.3, 0.4) is 0 Å². The molecule has 17 heavy (non-hydrogen) atoms. The molecule has 0 amide bonds. The molecule has 0 aliphatic carbocycles. The van der Waals surface area contributed by atoms with Gasteiger partial charge in [0.25, 0.3) is 0 Å². The fourth-order valence-corrected chi connectivity index (χ4v) is 2.89. The van der Waals surface area contributed by atoms with Crippen LogP contribution in [-0.4, -0.2) is 13.1 Å². The number of rotatable bonds is 3. The average Bonchev–Trinajstić information content (AvgIpc) is 2.72. The number of benzene rings is 1. The van der Waals surface area contributed by atoms with Crippen molar-refractivity contribution in [1.82, 2.24) is 0 Å². The zero-order chi connectivity index (χ0) is 12.4. The first-order valence-electron chi connectivity index (χ1n) is 6.42. The van der Waals surface area contributed by atoms with Crippen molar-refractivity contribution in [2.75, 3.05) is 23.7 Å². The summed E-state index contributed by atoms with van der Waals surface area (Å²) in [6.45, 7) is 6.67. The first-order chi connectivity index (χ1) is 8.11. The molecule has 0 radical (unpaired) electrons. The van der Waals surface area contributed by atoms with Crippen LogP contribution >= 0.6 is 11.6 Å². The van der Waals surface area contributed by atoms with Gasteiger partial charge in [-0.2, -0.15) is 0 Å². The predicted octanol–water partition coefficient (Wildman–Crippen LogP) is 3.86. The van der Waals surface area contributed by atoms with Crippen LogP contribution in [0.15, 0.2) is 12.1 Å². The molecule has 0 aromatic heterocycles. The molecule has 1 aliphatic heterocycles. The largest absolute Gasteiger partial charge is 0.398 e. The van der Waals surface area contributed by atoms with Gasteiger partial charge in [-0.3, -0.25) is 0 Å². The topological polar surface area (TPSA) is 29.3 Å². The standard InChI is InChI=1S/C14H21ClN2/c1-3-4-11-5-6-17(9-11)14-8-12(15)13(16)7-10(14)2/h7-8,11H,3-6,9,16H2,1-2H3. The Kier molecular flexibility index (Phi) is 3.82. The number of nitrogen functional groups attached to an aromatic ring is 1. The van der Waals surface area contributed by atoms with Crippen LogP contribution in [0, 0.1) is 12.8 Å². The van der Waals surface area contributed by atoms with Gasteiger partial charge in [0.2, 0.25) is 0 Å². The molecule has 94 valence electrons. The Bertz CT molecular complexity index is 403. The van der Waals surface area contributed by atoms with Crippen molar-refractivity contribution in [1.29, 1.82) is 0 Å². The summed E-state index contributed by atoms with van der Waals surface area (Å²) in [7, 11) is 0. The quantitative estimate of drug-likeness (QED) is 0.828. The summed E-state index contributed by atoms with van der Waals surface area (Å²) in [5.41, 5.74) is 8.97. The zero-order valence-corrected chi connectivity index (χ0v) is 11.4. The second-order valence-electron chi connectivity index (χ2n) is 5.05. The third-order valence-corrected chi connectivity index (χ3v) is 3.97. The second-order valence-corrected chi connectivity index (χ2v) is 5.46. The smallest absolute Gasteiger partial charge is 0.0656 e. The third kappa shape index (κ3) is 2.68. The van der Waals surface area contributed by atoms with Crippen LogP contribution in [0.5, 0.6) is 0 Å². The molecule has 1 atom stereocenters. The van der Waals surface area contributed by atoms with E-state index in [4.69, 9.17) is 17.3 Å². The Morgan fingerprint density at radius 3 is 2.94 bits per heavy atom. The van der Waals surface area contributed by atoms with E-state index in [0.29, 0.717) is 10.7 Å². The highest BCUT2D eigenvalue weighted by atomic mass is 35.5. The van der Waals surface area contributed by atoms with Gasteiger partial charge in [-0.25, -0.2) is 0 Å². The number of anilines is 2. The van der Waals surface area contributed by atoms with E-state index in [1.165, 1.54) is 30.5 Å². The Morgan fingerprint density at radius 2 is 2.24 bits per heavy atom. The number of hydrogen-bond acceptors (Lipinski definition) is 2. The number of hydrogen-bond donors (Lipinski definition) is 1. The fourth-order valence-electron chi connectivity index (χ4n) is 2.73. The van der Waals surface area contributed by atoms with Gasteiger partial charge in [-0.15, -0.1) is 0 Å². The molecule has 0 saturated carbocycles. The van der Waals surface area contributed by atoms with Crippen molar-refractivity contribution < 1.29 is 0 Å². The van der Waals surface area contributed by atoms with Crippen LogP contribution in [0.2, 0.25) is 5.02 Å². The summed E-state index contributed by atoms with van der Waals surface area (Å²) in [6, 6.07) is 3.99.